The van der Waals surface area contributed by atoms with Gasteiger partial charge in [0.2, 0.25) is 0 Å². The molecule has 1 saturated heterocycles. The van der Waals surface area contributed by atoms with Crippen LogP contribution in [0.15, 0.2) is 53.6 Å². The van der Waals surface area contributed by atoms with E-state index in [1.807, 2.05) is 19.1 Å². The lowest BCUT2D eigenvalue weighted by Gasteiger charge is -2.18. The summed E-state index contributed by atoms with van der Waals surface area (Å²) in [6.45, 7) is 3.06. The zero-order valence-electron chi connectivity index (χ0n) is 16.8. The van der Waals surface area contributed by atoms with Crippen molar-refractivity contribution in [1.29, 1.82) is 0 Å². The van der Waals surface area contributed by atoms with E-state index in [0.29, 0.717) is 37.2 Å². The predicted molar refractivity (Wildman–Crippen MR) is 111 cm³/mol. The molecule has 1 fully saturated rings. The first-order valence-corrected chi connectivity index (χ1v) is 10.1. The molecular formula is C23H23FN4O2. The average Bonchev–Trinajstić information content (AvgIpc) is 3.27. The first-order valence-electron chi connectivity index (χ1n) is 10.1. The van der Waals surface area contributed by atoms with Crippen LogP contribution in [-0.4, -0.2) is 39.1 Å². The van der Waals surface area contributed by atoms with Gasteiger partial charge in [-0.15, -0.1) is 0 Å². The minimum absolute atomic E-state index is 0.0722. The molecule has 3 aromatic rings. The second-order valence-corrected chi connectivity index (χ2v) is 7.58. The molecule has 1 unspecified atom stereocenters. The van der Waals surface area contributed by atoms with E-state index in [1.165, 1.54) is 6.07 Å². The van der Waals surface area contributed by atoms with Gasteiger partial charge >= 0.3 is 0 Å². The molecule has 1 aromatic carbocycles. The summed E-state index contributed by atoms with van der Waals surface area (Å²) < 4.78 is 14.5. The number of hydrogen-bond donors (Lipinski definition) is 1. The van der Waals surface area contributed by atoms with Gasteiger partial charge in [-0.25, -0.2) is 9.49 Å². The largest absolute Gasteiger partial charge is 0.338 e. The molecule has 0 saturated carbocycles. The van der Waals surface area contributed by atoms with Crippen LogP contribution in [0.5, 0.6) is 0 Å². The number of pyridine rings is 1. The van der Waals surface area contributed by atoms with Crippen LogP contribution < -0.4 is 5.56 Å². The highest BCUT2D eigenvalue weighted by Gasteiger charge is 2.29. The summed E-state index contributed by atoms with van der Waals surface area (Å²) in [5, 5.41) is 6.56. The van der Waals surface area contributed by atoms with Gasteiger partial charge in [0.15, 0.2) is 0 Å². The van der Waals surface area contributed by atoms with E-state index in [2.05, 4.69) is 15.2 Å². The highest BCUT2D eigenvalue weighted by molar-refractivity contribution is 5.95. The summed E-state index contributed by atoms with van der Waals surface area (Å²) in [6.07, 6.45) is 5.35. The number of nitrogens with one attached hydrogen (secondary N) is 1. The smallest absolute Gasteiger partial charge is 0.267 e. The highest BCUT2D eigenvalue weighted by atomic mass is 19.1. The minimum Gasteiger partial charge on any atom is -0.338 e. The molecule has 1 aliphatic heterocycles. The molecule has 1 atom stereocenters. The SMILES string of the molecule is CCc1cc(Cc2ccc(F)c(C(=O)N3CCC(c4ccncc4)C3)c2)n[nH]c1=O. The monoisotopic (exact) mass is 406 g/mol. The van der Waals surface area contributed by atoms with Crippen LogP contribution in [0.2, 0.25) is 0 Å². The molecule has 3 heterocycles. The number of likely N-dealkylation sites (tertiary alicyclic amines) is 1. The fourth-order valence-electron chi connectivity index (χ4n) is 3.92. The Morgan fingerprint density at radius 1 is 1.23 bits per heavy atom. The Kier molecular flexibility index (Phi) is 5.70. The highest BCUT2D eigenvalue weighted by Crippen LogP contribution is 2.28. The van der Waals surface area contributed by atoms with Crippen LogP contribution in [0.1, 0.15) is 52.0 Å². The normalized spacial score (nSPS) is 16.1. The summed E-state index contributed by atoms with van der Waals surface area (Å²) in [6, 6.07) is 10.2. The third-order valence-electron chi connectivity index (χ3n) is 5.61. The van der Waals surface area contributed by atoms with Gasteiger partial charge in [0.1, 0.15) is 5.82 Å². The average molecular weight is 406 g/mol. The van der Waals surface area contributed by atoms with Crippen LogP contribution in [-0.2, 0) is 12.8 Å². The molecule has 0 radical (unpaired) electrons. The zero-order chi connectivity index (χ0) is 21.1. The molecule has 0 spiro atoms. The maximum Gasteiger partial charge on any atom is 0.267 e. The molecule has 2 aromatic heterocycles. The second-order valence-electron chi connectivity index (χ2n) is 7.58. The Hall–Kier alpha value is -3.35. The maximum atomic E-state index is 14.5. The Morgan fingerprint density at radius 2 is 2.03 bits per heavy atom. The summed E-state index contributed by atoms with van der Waals surface area (Å²) in [7, 11) is 0. The lowest BCUT2D eigenvalue weighted by Crippen LogP contribution is -2.29. The maximum absolute atomic E-state index is 14.5. The van der Waals surface area contributed by atoms with Crippen molar-refractivity contribution >= 4 is 5.91 Å². The van der Waals surface area contributed by atoms with Crippen LogP contribution in [0.25, 0.3) is 0 Å². The van der Waals surface area contributed by atoms with Crippen molar-refractivity contribution in [3.05, 3.63) is 92.9 Å². The van der Waals surface area contributed by atoms with Crippen LogP contribution in [0.4, 0.5) is 4.39 Å². The quantitative estimate of drug-likeness (QED) is 0.706. The molecule has 1 aliphatic rings. The molecule has 30 heavy (non-hydrogen) atoms. The van der Waals surface area contributed by atoms with E-state index in [0.717, 1.165) is 17.5 Å². The third-order valence-corrected chi connectivity index (χ3v) is 5.61. The molecule has 154 valence electrons. The Balaban J connectivity index is 1.52. The number of carbonyl (C=O) groups excluding carboxylic acids is 1. The van der Waals surface area contributed by atoms with Gasteiger partial charge < -0.3 is 4.90 Å². The zero-order valence-corrected chi connectivity index (χ0v) is 16.8. The second kappa shape index (κ2) is 8.57. The minimum atomic E-state index is -0.528. The number of amides is 1. The van der Waals surface area contributed by atoms with E-state index < -0.39 is 5.82 Å². The van der Waals surface area contributed by atoms with Crippen molar-refractivity contribution in [2.75, 3.05) is 13.1 Å². The Bertz CT molecular complexity index is 1110. The number of halogens is 1. The Morgan fingerprint density at radius 3 is 2.80 bits per heavy atom. The lowest BCUT2D eigenvalue weighted by molar-refractivity contribution is 0.0786. The van der Waals surface area contributed by atoms with E-state index in [9.17, 15) is 14.0 Å². The molecular weight excluding hydrogens is 383 g/mol. The van der Waals surface area contributed by atoms with Gasteiger partial charge in [-0.3, -0.25) is 14.6 Å². The number of nitrogens with zero attached hydrogens (tertiary/aromatic N) is 3. The van der Waals surface area contributed by atoms with Crippen molar-refractivity contribution in [2.45, 2.75) is 32.1 Å². The van der Waals surface area contributed by atoms with E-state index >= 15 is 0 Å². The molecule has 1 N–H and O–H groups in total. The van der Waals surface area contributed by atoms with Crippen LogP contribution >= 0.6 is 0 Å². The van der Waals surface area contributed by atoms with Gasteiger partial charge in [-0.1, -0.05) is 13.0 Å². The van der Waals surface area contributed by atoms with Crippen molar-refractivity contribution in [2.24, 2.45) is 0 Å². The summed E-state index contributed by atoms with van der Waals surface area (Å²) in [4.78, 5) is 30.4. The van der Waals surface area contributed by atoms with Gasteiger partial charge in [0.05, 0.1) is 11.3 Å². The molecule has 7 heteroatoms. The summed E-state index contributed by atoms with van der Waals surface area (Å²) >= 11 is 0. The van der Waals surface area contributed by atoms with E-state index in [1.54, 1.807) is 35.5 Å². The first-order chi connectivity index (χ1) is 14.5. The van der Waals surface area contributed by atoms with Crippen LogP contribution in [0, 0.1) is 5.82 Å². The number of aromatic nitrogens is 3. The number of carbonyl (C=O) groups is 1. The topological polar surface area (TPSA) is 79.0 Å². The van der Waals surface area contributed by atoms with Gasteiger partial charge in [0, 0.05) is 43.4 Å². The molecule has 4 rings (SSSR count). The molecule has 6 nitrogen and oxygen atoms in total. The fourth-order valence-corrected chi connectivity index (χ4v) is 3.92. The number of H-pyrrole nitrogens is 1. The number of benzene rings is 1. The van der Waals surface area contributed by atoms with E-state index in [4.69, 9.17) is 0 Å². The Labute approximate surface area is 173 Å². The lowest BCUT2D eigenvalue weighted by atomic mass is 10.00. The number of rotatable bonds is 5. The molecule has 0 bridgehead atoms. The summed E-state index contributed by atoms with van der Waals surface area (Å²) in [5.41, 5.74) is 3.11. The van der Waals surface area contributed by atoms with Crippen molar-refractivity contribution in [1.82, 2.24) is 20.1 Å². The van der Waals surface area contributed by atoms with Gasteiger partial charge in [-0.05, 0) is 54.3 Å². The third kappa shape index (κ3) is 4.15. The van der Waals surface area contributed by atoms with Crippen LogP contribution in [0.3, 0.4) is 0 Å². The standard InChI is InChI=1S/C23H23FN4O2/c1-2-16-13-19(26-27-22(16)29)11-15-3-4-21(24)20(12-15)23(30)28-10-7-18(14-28)17-5-8-25-9-6-17/h3-6,8-9,12-13,18H,2,7,10-11,14H2,1H3,(H,27,29). The molecule has 1 amide bonds. The van der Waals surface area contributed by atoms with Crippen molar-refractivity contribution in [3.63, 3.8) is 0 Å². The number of hydrogen-bond acceptors (Lipinski definition) is 4. The summed E-state index contributed by atoms with van der Waals surface area (Å²) in [5.74, 6) is -0.588. The predicted octanol–water partition coefficient (Wildman–Crippen LogP) is 3.09. The number of aryl methyl sites for hydroxylation is 1. The fraction of sp³-hybridized carbons (Fsp3) is 0.304. The van der Waals surface area contributed by atoms with Crippen molar-refractivity contribution < 1.29 is 9.18 Å². The first kappa shape index (κ1) is 19.9. The molecule has 0 aliphatic carbocycles. The van der Waals surface area contributed by atoms with Gasteiger partial charge in [0.25, 0.3) is 11.5 Å². The van der Waals surface area contributed by atoms with Crippen molar-refractivity contribution in [3.8, 4) is 0 Å². The van der Waals surface area contributed by atoms with E-state index in [-0.39, 0.29) is 22.9 Å². The number of aromatic amines is 1. The van der Waals surface area contributed by atoms with Gasteiger partial charge in [-0.2, -0.15) is 5.10 Å².